The third kappa shape index (κ3) is 3.20. The Hall–Kier alpha value is -0.870. The summed E-state index contributed by atoms with van der Waals surface area (Å²) in [5.41, 5.74) is 0.164. The highest BCUT2D eigenvalue weighted by atomic mass is 16.5. The second-order valence-corrected chi connectivity index (χ2v) is 12.0. The fraction of sp³-hybridized carbons (Fsp3) is 0.880. The zero-order chi connectivity index (χ0) is 21.2. The average molecular weight is 405 g/mol. The number of carbonyl (C=O) groups is 1. The second kappa shape index (κ2) is 6.82. The number of fused-ring (bicyclic) bond motifs is 3. The van der Waals surface area contributed by atoms with Crippen molar-refractivity contribution in [3.63, 3.8) is 0 Å². The van der Waals surface area contributed by atoms with Crippen molar-refractivity contribution in [1.29, 1.82) is 0 Å². The lowest BCUT2D eigenvalue weighted by molar-refractivity contribution is -0.198. The minimum Gasteiger partial charge on any atom is -0.459 e. The maximum absolute atomic E-state index is 12.0. The highest BCUT2D eigenvalue weighted by molar-refractivity contribution is 5.82. The fourth-order valence-electron chi connectivity index (χ4n) is 8.47. The molecule has 0 aromatic heterocycles. The normalized spacial score (nSPS) is 47.7. The molecule has 29 heavy (non-hydrogen) atoms. The number of allylic oxidation sites excluding steroid dienone is 1. The Kier molecular flexibility index (Phi) is 5.02. The Morgan fingerprint density at radius 3 is 2.55 bits per heavy atom. The molecule has 4 fully saturated rings. The van der Waals surface area contributed by atoms with Crippen molar-refractivity contribution in [2.24, 2.45) is 34.0 Å². The Labute approximate surface area is 176 Å². The minimum atomic E-state index is -1.01. The second-order valence-electron chi connectivity index (χ2n) is 12.0. The summed E-state index contributed by atoms with van der Waals surface area (Å²) in [4.78, 5) is 12.0. The summed E-state index contributed by atoms with van der Waals surface area (Å²) in [6.45, 7) is 11.0. The van der Waals surface area contributed by atoms with Crippen LogP contribution in [0.4, 0.5) is 0 Å². The molecule has 0 aromatic carbocycles. The maximum atomic E-state index is 12.0. The quantitative estimate of drug-likeness (QED) is 0.532. The van der Waals surface area contributed by atoms with E-state index in [-0.39, 0.29) is 40.8 Å². The van der Waals surface area contributed by atoms with Gasteiger partial charge in [0.25, 0.3) is 0 Å². The van der Waals surface area contributed by atoms with E-state index in [0.29, 0.717) is 18.3 Å². The molecule has 0 aromatic rings. The average Bonchev–Trinajstić information content (AvgIpc) is 2.83. The summed E-state index contributed by atoms with van der Waals surface area (Å²) in [5.74, 6) is 0.723. The molecule has 0 amide bonds. The first-order valence-corrected chi connectivity index (χ1v) is 11.7. The van der Waals surface area contributed by atoms with E-state index in [9.17, 15) is 15.0 Å². The van der Waals surface area contributed by atoms with Crippen molar-refractivity contribution >= 4 is 5.97 Å². The van der Waals surface area contributed by atoms with Gasteiger partial charge < -0.3 is 14.9 Å². The molecule has 0 unspecified atom stereocenters. The van der Waals surface area contributed by atoms with Crippen LogP contribution in [-0.4, -0.2) is 34.5 Å². The molecule has 2 N–H and O–H groups in total. The van der Waals surface area contributed by atoms with E-state index in [4.69, 9.17) is 4.74 Å². The van der Waals surface area contributed by atoms with Crippen molar-refractivity contribution in [2.45, 2.75) is 97.7 Å². The summed E-state index contributed by atoms with van der Waals surface area (Å²) in [5, 5.41) is 23.0. The first-order valence-electron chi connectivity index (χ1n) is 11.7. The van der Waals surface area contributed by atoms with Crippen LogP contribution >= 0.6 is 0 Å². The molecule has 1 spiro atoms. The Morgan fingerprint density at radius 2 is 1.86 bits per heavy atom. The largest absolute Gasteiger partial charge is 0.459 e. The van der Waals surface area contributed by atoms with Crippen molar-refractivity contribution in [3.05, 3.63) is 11.6 Å². The highest BCUT2D eigenvalue weighted by Gasteiger charge is 2.70. The molecule has 0 saturated heterocycles. The van der Waals surface area contributed by atoms with E-state index in [0.717, 1.165) is 31.3 Å². The van der Waals surface area contributed by atoms with E-state index >= 15 is 0 Å². The van der Waals surface area contributed by atoms with Gasteiger partial charge in [0.15, 0.2) is 0 Å². The van der Waals surface area contributed by atoms with Gasteiger partial charge in [-0.2, -0.15) is 0 Å². The molecule has 4 rings (SSSR count). The molecule has 0 radical (unpaired) electrons. The summed E-state index contributed by atoms with van der Waals surface area (Å²) in [6, 6.07) is 0. The molecule has 4 heteroatoms. The summed E-state index contributed by atoms with van der Waals surface area (Å²) in [7, 11) is 0. The molecule has 164 valence electrons. The van der Waals surface area contributed by atoms with Crippen LogP contribution in [0.5, 0.6) is 0 Å². The topological polar surface area (TPSA) is 66.8 Å². The van der Waals surface area contributed by atoms with Crippen molar-refractivity contribution in [3.8, 4) is 0 Å². The Balaban J connectivity index is 1.60. The number of hydrogen-bond donors (Lipinski definition) is 2. The van der Waals surface area contributed by atoms with Crippen LogP contribution in [0.25, 0.3) is 0 Å². The van der Waals surface area contributed by atoms with Crippen molar-refractivity contribution in [2.75, 3.05) is 6.61 Å². The standard InChI is InChI=1S/C25H40O4/c1-16(2)11-21(27)29-15-25(28)14-24-13-17(25)7-8-18(24)23(5)10-6-9-22(3,4)19(23)12-20(24)26/h11,17-20,26,28H,6-10,12-15H2,1-5H3/t17-,18+,19-,20+,23+,24-,25+/m1/s1. The molecule has 4 aliphatic rings. The van der Waals surface area contributed by atoms with Gasteiger partial charge in [-0.3, -0.25) is 0 Å². The molecule has 0 aliphatic heterocycles. The Bertz CT molecular complexity index is 708. The summed E-state index contributed by atoms with van der Waals surface area (Å²) >= 11 is 0. The molecular weight excluding hydrogens is 364 g/mol. The number of carbonyl (C=O) groups excluding carboxylic acids is 1. The monoisotopic (exact) mass is 404 g/mol. The molecule has 7 atom stereocenters. The number of hydrogen-bond acceptors (Lipinski definition) is 4. The minimum absolute atomic E-state index is 0.0487. The Morgan fingerprint density at radius 1 is 1.14 bits per heavy atom. The van der Waals surface area contributed by atoms with Crippen LogP contribution < -0.4 is 0 Å². The third-order valence-electron chi connectivity index (χ3n) is 9.58. The predicted molar refractivity (Wildman–Crippen MR) is 113 cm³/mol. The number of esters is 1. The van der Waals surface area contributed by atoms with E-state index in [1.165, 1.54) is 25.3 Å². The molecular formula is C25H40O4. The molecule has 0 heterocycles. The van der Waals surface area contributed by atoms with Gasteiger partial charge in [0, 0.05) is 11.5 Å². The van der Waals surface area contributed by atoms with Gasteiger partial charge in [-0.05, 0) is 87.4 Å². The van der Waals surface area contributed by atoms with E-state index in [1.807, 2.05) is 13.8 Å². The van der Waals surface area contributed by atoms with Crippen LogP contribution in [0.3, 0.4) is 0 Å². The van der Waals surface area contributed by atoms with Gasteiger partial charge in [0.05, 0.1) is 6.10 Å². The van der Waals surface area contributed by atoms with Gasteiger partial charge in [0.2, 0.25) is 0 Å². The van der Waals surface area contributed by atoms with Crippen LogP contribution in [0.2, 0.25) is 0 Å². The highest BCUT2D eigenvalue weighted by Crippen LogP contribution is 2.72. The predicted octanol–water partition coefficient (Wildman–Crippen LogP) is 4.63. The van der Waals surface area contributed by atoms with Crippen LogP contribution in [0, 0.1) is 34.0 Å². The maximum Gasteiger partial charge on any atom is 0.330 e. The van der Waals surface area contributed by atoms with Gasteiger partial charge in [-0.1, -0.05) is 32.8 Å². The van der Waals surface area contributed by atoms with Crippen molar-refractivity contribution in [1.82, 2.24) is 0 Å². The number of aliphatic hydroxyl groups excluding tert-OH is 1. The van der Waals surface area contributed by atoms with Crippen LogP contribution in [0.15, 0.2) is 11.6 Å². The van der Waals surface area contributed by atoms with Gasteiger partial charge in [-0.25, -0.2) is 4.79 Å². The first kappa shape index (κ1) is 21.4. The van der Waals surface area contributed by atoms with E-state index in [1.54, 1.807) is 0 Å². The smallest absolute Gasteiger partial charge is 0.330 e. The SMILES string of the molecule is CC(C)=CC(=O)OC[C@@]1(O)C[C@]23C[C@H]1CC[C@H]2[C@]1(C)CCCC(C)(C)[C@H]1C[C@@H]3O. The number of ether oxygens (including phenoxy) is 1. The first-order chi connectivity index (χ1) is 13.4. The lowest BCUT2D eigenvalue weighted by atomic mass is 9.40. The molecule has 4 aliphatic carbocycles. The lowest BCUT2D eigenvalue weighted by Crippen LogP contribution is -2.61. The number of aliphatic hydroxyl groups is 2. The van der Waals surface area contributed by atoms with Gasteiger partial charge in [-0.15, -0.1) is 0 Å². The van der Waals surface area contributed by atoms with Gasteiger partial charge in [0.1, 0.15) is 12.2 Å². The van der Waals surface area contributed by atoms with Crippen LogP contribution in [-0.2, 0) is 9.53 Å². The fourth-order valence-corrected chi connectivity index (χ4v) is 8.47. The van der Waals surface area contributed by atoms with Crippen LogP contribution in [0.1, 0.15) is 86.0 Å². The van der Waals surface area contributed by atoms with Crippen molar-refractivity contribution < 1.29 is 19.7 Å². The zero-order valence-corrected chi connectivity index (χ0v) is 19.0. The van der Waals surface area contributed by atoms with Gasteiger partial charge >= 0.3 is 5.97 Å². The zero-order valence-electron chi connectivity index (χ0n) is 19.0. The van der Waals surface area contributed by atoms with E-state index < -0.39 is 5.60 Å². The molecule has 4 nitrogen and oxygen atoms in total. The number of rotatable bonds is 3. The summed E-state index contributed by atoms with van der Waals surface area (Å²) < 4.78 is 5.48. The van der Waals surface area contributed by atoms with E-state index in [2.05, 4.69) is 20.8 Å². The molecule has 4 saturated carbocycles. The lowest BCUT2D eigenvalue weighted by Gasteiger charge is -2.65. The molecule has 2 bridgehead atoms. The third-order valence-corrected chi connectivity index (χ3v) is 9.58. The summed E-state index contributed by atoms with van der Waals surface area (Å²) in [6.07, 6.45) is 9.19.